The van der Waals surface area contributed by atoms with Gasteiger partial charge in [0.05, 0.1) is 0 Å². The summed E-state index contributed by atoms with van der Waals surface area (Å²) >= 11 is 1.79. The Hall–Kier alpha value is -1.78. The molecule has 0 saturated carbocycles. The van der Waals surface area contributed by atoms with Gasteiger partial charge in [0.25, 0.3) is 0 Å². The predicted octanol–water partition coefficient (Wildman–Crippen LogP) is 3.50. The molecule has 1 aliphatic rings. The lowest BCUT2D eigenvalue weighted by atomic mass is 10.1. The largest absolute Gasteiger partial charge is 0.324 e. The van der Waals surface area contributed by atoms with Gasteiger partial charge in [-0.1, -0.05) is 30.3 Å². The maximum Gasteiger partial charge on any atom is 0.246 e. The number of rotatable bonds is 4. The monoisotopic (exact) mass is 298 g/mol. The molecule has 2 N–H and O–H groups in total. The van der Waals surface area contributed by atoms with Crippen molar-refractivity contribution >= 4 is 23.4 Å². The smallest absolute Gasteiger partial charge is 0.246 e. The lowest BCUT2D eigenvalue weighted by Crippen LogP contribution is -2.23. The Morgan fingerprint density at radius 3 is 2.81 bits per heavy atom. The summed E-state index contributed by atoms with van der Waals surface area (Å²) in [7, 11) is 1.81. The molecule has 0 fully saturated rings. The molecule has 4 heteroatoms. The standard InChI is InChI=1S/C17H18N2OS/c1-11-5-3-4-6-12(11)10-21-13-7-8-14-15(9-13)19-17(20)16(14)18-2/h3-9,16,18H,10H2,1-2H3,(H,19,20). The van der Waals surface area contributed by atoms with E-state index in [1.165, 1.54) is 16.0 Å². The Balaban J connectivity index is 1.76. The van der Waals surface area contributed by atoms with Gasteiger partial charge in [0.2, 0.25) is 5.91 Å². The van der Waals surface area contributed by atoms with Crippen molar-refractivity contribution in [1.82, 2.24) is 5.32 Å². The minimum Gasteiger partial charge on any atom is -0.324 e. The zero-order chi connectivity index (χ0) is 14.8. The number of anilines is 1. The number of nitrogens with one attached hydrogen (secondary N) is 2. The predicted molar refractivity (Wildman–Crippen MR) is 87.6 cm³/mol. The number of carbonyl (C=O) groups is 1. The average Bonchev–Trinajstić information content (AvgIpc) is 2.80. The van der Waals surface area contributed by atoms with Gasteiger partial charge in [-0.2, -0.15) is 0 Å². The van der Waals surface area contributed by atoms with Crippen LogP contribution in [0.25, 0.3) is 0 Å². The number of likely N-dealkylation sites (N-methyl/N-ethyl adjacent to an activating group) is 1. The van der Waals surface area contributed by atoms with Crippen LogP contribution in [0.3, 0.4) is 0 Å². The molecule has 0 saturated heterocycles. The van der Waals surface area contributed by atoms with E-state index in [0.29, 0.717) is 0 Å². The molecular weight excluding hydrogens is 280 g/mol. The fourth-order valence-corrected chi connectivity index (χ4v) is 3.56. The molecule has 2 aromatic rings. The molecule has 1 aliphatic heterocycles. The first-order valence-corrected chi connectivity index (χ1v) is 7.97. The zero-order valence-corrected chi connectivity index (χ0v) is 13.0. The maximum atomic E-state index is 11.8. The van der Waals surface area contributed by atoms with Gasteiger partial charge in [0.15, 0.2) is 0 Å². The molecule has 2 aromatic carbocycles. The summed E-state index contributed by atoms with van der Waals surface area (Å²) in [4.78, 5) is 13.0. The van der Waals surface area contributed by atoms with Gasteiger partial charge >= 0.3 is 0 Å². The molecule has 3 rings (SSSR count). The molecule has 1 amide bonds. The van der Waals surface area contributed by atoms with Gasteiger partial charge in [0, 0.05) is 21.9 Å². The molecule has 0 aliphatic carbocycles. The third-order valence-corrected chi connectivity index (χ3v) is 4.84. The van der Waals surface area contributed by atoms with Crippen LogP contribution in [0.4, 0.5) is 5.69 Å². The number of thioether (sulfide) groups is 1. The van der Waals surface area contributed by atoms with Gasteiger partial charge in [-0.25, -0.2) is 0 Å². The molecule has 108 valence electrons. The lowest BCUT2D eigenvalue weighted by Gasteiger charge is -2.08. The second-order valence-corrected chi connectivity index (χ2v) is 6.22. The first-order valence-electron chi connectivity index (χ1n) is 6.98. The van der Waals surface area contributed by atoms with E-state index in [4.69, 9.17) is 0 Å². The summed E-state index contributed by atoms with van der Waals surface area (Å²) in [5, 5.41) is 5.97. The number of aryl methyl sites for hydroxylation is 1. The Labute approximate surface area is 129 Å². The van der Waals surface area contributed by atoms with E-state index in [0.717, 1.165) is 17.0 Å². The quantitative estimate of drug-likeness (QED) is 0.849. The van der Waals surface area contributed by atoms with Gasteiger partial charge in [0.1, 0.15) is 6.04 Å². The van der Waals surface area contributed by atoms with Crippen LogP contribution in [0.2, 0.25) is 0 Å². The molecule has 0 radical (unpaired) electrons. The number of amides is 1. The highest BCUT2D eigenvalue weighted by Gasteiger charge is 2.28. The van der Waals surface area contributed by atoms with E-state index in [1.54, 1.807) is 18.8 Å². The van der Waals surface area contributed by atoms with Crippen molar-refractivity contribution in [2.24, 2.45) is 0 Å². The number of benzene rings is 2. The SMILES string of the molecule is CNC1C(=O)Nc2cc(SCc3ccccc3C)ccc21. The number of hydrogen-bond acceptors (Lipinski definition) is 3. The minimum atomic E-state index is -0.226. The summed E-state index contributed by atoms with van der Waals surface area (Å²) in [5.74, 6) is 0.961. The molecule has 1 atom stereocenters. The second kappa shape index (κ2) is 5.92. The highest BCUT2D eigenvalue weighted by Crippen LogP contribution is 2.35. The lowest BCUT2D eigenvalue weighted by molar-refractivity contribution is -0.117. The van der Waals surface area contributed by atoms with Crippen molar-refractivity contribution in [3.63, 3.8) is 0 Å². The van der Waals surface area contributed by atoms with Gasteiger partial charge in [-0.3, -0.25) is 4.79 Å². The maximum absolute atomic E-state index is 11.8. The molecule has 21 heavy (non-hydrogen) atoms. The van der Waals surface area contributed by atoms with Crippen LogP contribution in [-0.2, 0) is 10.5 Å². The first-order chi connectivity index (χ1) is 10.2. The minimum absolute atomic E-state index is 0.0218. The van der Waals surface area contributed by atoms with E-state index in [2.05, 4.69) is 54.0 Å². The summed E-state index contributed by atoms with van der Waals surface area (Å²) in [6, 6.07) is 14.4. The summed E-state index contributed by atoms with van der Waals surface area (Å²) in [6.45, 7) is 2.14. The molecule has 0 spiro atoms. The van der Waals surface area contributed by atoms with Crippen LogP contribution in [0.1, 0.15) is 22.7 Å². The third kappa shape index (κ3) is 2.82. The Kier molecular flexibility index (Phi) is 3.99. The van der Waals surface area contributed by atoms with E-state index < -0.39 is 0 Å². The zero-order valence-electron chi connectivity index (χ0n) is 12.1. The Bertz CT molecular complexity index is 684. The van der Waals surface area contributed by atoms with E-state index in [-0.39, 0.29) is 11.9 Å². The number of fused-ring (bicyclic) bond motifs is 1. The summed E-state index contributed by atoms with van der Waals surface area (Å²) < 4.78 is 0. The fourth-order valence-electron chi connectivity index (χ4n) is 2.55. The van der Waals surface area contributed by atoms with Crippen LogP contribution >= 0.6 is 11.8 Å². The Morgan fingerprint density at radius 1 is 1.24 bits per heavy atom. The average molecular weight is 298 g/mol. The molecule has 0 bridgehead atoms. The second-order valence-electron chi connectivity index (χ2n) is 5.18. The van der Waals surface area contributed by atoms with E-state index >= 15 is 0 Å². The van der Waals surface area contributed by atoms with E-state index in [9.17, 15) is 4.79 Å². The number of carbonyl (C=O) groups excluding carboxylic acids is 1. The molecule has 0 aromatic heterocycles. The van der Waals surface area contributed by atoms with Crippen molar-refractivity contribution in [3.8, 4) is 0 Å². The number of hydrogen-bond donors (Lipinski definition) is 2. The van der Waals surface area contributed by atoms with Gasteiger partial charge in [-0.15, -0.1) is 11.8 Å². The van der Waals surface area contributed by atoms with Crippen LogP contribution in [-0.4, -0.2) is 13.0 Å². The normalized spacial score (nSPS) is 16.7. The Morgan fingerprint density at radius 2 is 2.05 bits per heavy atom. The molecule has 1 unspecified atom stereocenters. The summed E-state index contributed by atoms with van der Waals surface area (Å²) in [5.41, 5.74) is 4.62. The van der Waals surface area contributed by atoms with E-state index in [1.807, 2.05) is 6.07 Å². The van der Waals surface area contributed by atoms with Crippen molar-refractivity contribution in [1.29, 1.82) is 0 Å². The van der Waals surface area contributed by atoms with Crippen molar-refractivity contribution in [3.05, 3.63) is 59.2 Å². The van der Waals surface area contributed by atoms with Crippen LogP contribution < -0.4 is 10.6 Å². The van der Waals surface area contributed by atoms with Crippen molar-refractivity contribution in [2.45, 2.75) is 23.6 Å². The van der Waals surface area contributed by atoms with Crippen LogP contribution in [0.15, 0.2) is 47.4 Å². The third-order valence-electron chi connectivity index (χ3n) is 3.80. The fraction of sp³-hybridized carbons (Fsp3) is 0.235. The summed E-state index contributed by atoms with van der Waals surface area (Å²) in [6.07, 6.45) is 0. The van der Waals surface area contributed by atoms with Crippen LogP contribution in [0, 0.1) is 6.92 Å². The highest BCUT2D eigenvalue weighted by molar-refractivity contribution is 7.98. The highest BCUT2D eigenvalue weighted by atomic mass is 32.2. The van der Waals surface area contributed by atoms with Crippen molar-refractivity contribution < 1.29 is 4.79 Å². The topological polar surface area (TPSA) is 41.1 Å². The molecule has 1 heterocycles. The van der Waals surface area contributed by atoms with Gasteiger partial charge < -0.3 is 10.6 Å². The van der Waals surface area contributed by atoms with Crippen molar-refractivity contribution in [2.75, 3.05) is 12.4 Å². The first kappa shape index (κ1) is 14.2. The van der Waals surface area contributed by atoms with Crippen LogP contribution in [0.5, 0.6) is 0 Å². The molecular formula is C17H18N2OS. The van der Waals surface area contributed by atoms with Gasteiger partial charge in [-0.05, 0) is 37.2 Å². The molecule has 3 nitrogen and oxygen atoms in total.